The lowest BCUT2D eigenvalue weighted by molar-refractivity contribution is 0.634. The lowest BCUT2D eigenvalue weighted by Crippen LogP contribution is -2.24. The van der Waals surface area contributed by atoms with Crippen LogP contribution in [0.3, 0.4) is 0 Å². The van der Waals surface area contributed by atoms with Crippen molar-refractivity contribution in [2.75, 3.05) is 25.0 Å². The summed E-state index contributed by atoms with van der Waals surface area (Å²) >= 11 is 0. The van der Waals surface area contributed by atoms with E-state index >= 15 is 0 Å². The Kier molecular flexibility index (Phi) is 4.96. The van der Waals surface area contributed by atoms with Crippen molar-refractivity contribution in [3.05, 3.63) is 35.9 Å². The molecule has 0 saturated carbocycles. The van der Waals surface area contributed by atoms with Gasteiger partial charge in [-0.3, -0.25) is 0 Å². The van der Waals surface area contributed by atoms with E-state index in [1.54, 1.807) is 0 Å². The van der Waals surface area contributed by atoms with Crippen LogP contribution in [0.5, 0.6) is 0 Å². The highest BCUT2D eigenvalue weighted by atomic mass is 15.2. The average molecular weight is 271 g/mol. The fraction of sp³-hybridized carbons (Fsp3) is 0.471. The van der Waals surface area contributed by atoms with E-state index in [1.807, 2.05) is 0 Å². The molecule has 0 unspecified atom stereocenters. The Hall–Kier alpha value is -1.61. The predicted octanol–water partition coefficient (Wildman–Crippen LogP) is 3.44. The Morgan fingerprint density at radius 1 is 1.25 bits per heavy atom. The van der Waals surface area contributed by atoms with Crippen molar-refractivity contribution in [2.24, 2.45) is 5.92 Å². The van der Waals surface area contributed by atoms with Crippen LogP contribution in [0.4, 0.5) is 5.82 Å². The van der Waals surface area contributed by atoms with Gasteiger partial charge in [0.1, 0.15) is 5.82 Å². The Balaban J connectivity index is 2.40. The van der Waals surface area contributed by atoms with Gasteiger partial charge in [-0.05, 0) is 30.2 Å². The van der Waals surface area contributed by atoms with Crippen LogP contribution in [0.2, 0.25) is 0 Å². The molecule has 108 valence electrons. The summed E-state index contributed by atoms with van der Waals surface area (Å²) in [5.41, 5.74) is 2.40. The molecule has 0 aliphatic heterocycles. The van der Waals surface area contributed by atoms with E-state index in [1.165, 1.54) is 10.9 Å². The van der Waals surface area contributed by atoms with E-state index in [-0.39, 0.29) is 0 Å². The molecule has 1 heterocycles. The van der Waals surface area contributed by atoms with Crippen molar-refractivity contribution >= 4 is 16.7 Å². The number of hydrogen-bond acceptors (Lipinski definition) is 3. The zero-order chi connectivity index (χ0) is 14.5. The maximum Gasteiger partial charge on any atom is 0.129 e. The van der Waals surface area contributed by atoms with E-state index < -0.39 is 0 Å². The summed E-state index contributed by atoms with van der Waals surface area (Å²) in [6.07, 6.45) is 0. The summed E-state index contributed by atoms with van der Waals surface area (Å²) in [5, 5.41) is 4.66. The second-order valence-electron chi connectivity index (χ2n) is 5.71. The van der Waals surface area contributed by atoms with Crippen molar-refractivity contribution in [3.63, 3.8) is 0 Å². The topological polar surface area (TPSA) is 28.2 Å². The lowest BCUT2D eigenvalue weighted by Gasteiger charge is -2.22. The standard InChI is InChI=1S/C17H25N3/c1-5-18-11-14-10-17(20(4)12-13(2)3)19-16-9-7-6-8-15(14)16/h6-10,13,18H,5,11-12H2,1-4H3. The first-order chi connectivity index (χ1) is 9.61. The first-order valence-corrected chi connectivity index (χ1v) is 7.42. The third-order valence-electron chi connectivity index (χ3n) is 3.38. The number of hydrogen-bond donors (Lipinski definition) is 1. The number of rotatable bonds is 6. The van der Waals surface area contributed by atoms with Crippen LogP contribution in [0.1, 0.15) is 26.3 Å². The average Bonchev–Trinajstić information content (AvgIpc) is 2.43. The van der Waals surface area contributed by atoms with Gasteiger partial charge in [0, 0.05) is 25.5 Å². The third kappa shape index (κ3) is 3.48. The smallest absolute Gasteiger partial charge is 0.129 e. The quantitative estimate of drug-likeness (QED) is 0.872. The fourth-order valence-electron chi connectivity index (χ4n) is 2.47. The molecule has 0 aliphatic rings. The van der Waals surface area contributed by atoms with E-state index in [4.69, 9.17) is 4.98 Å². The van der Waals surface area contributed by atoms with Gasteiger partial charge in [-0.2, -0.15) is 0 Å². The van der Waals surface area contributed by atoms with Crippen molar-refractivity contribution < 1.29 is 0 Å². The number of fused-ring (bicyclic) bond motifs is 1. The van der Waals surface area contributed by atoms with Gasteiger partial charge in [-0.1, -0.05) is 39.0 Å². The highest BCUT2D eigenvalue weighted by Crippen LogP contribution is 2.23. The molecular weight excluding hydrogens is 246 g/mol. The monoisotopic (exact) mass is 271 g/mol. The van der Waals surface area contributed by atoms with Crippen molar-refractivity contribution in [3.8, 4) is 0 Å². The Bertz CT molecular complexity index is 563. The molecule has 3 heteroatoms. The maximum atomic E-state index is 4.80. The molecule has 0 atom stereocenters. The lowest BCUT2D eigenvalue weighted by atomic mass is 10.1. The third-order valence-corrected chi connectivity index (χ3v) is 3.38. The molecule has 0 radical (unpaired) electrons. The van der Waals surface area contributed by atoms with Crippen LogP contribution in [-0.2, 0) is 6.54 Å². The number of para-hydroxylation sites is 1. The van der Waals surface area contributed by atoms with Gasteiger partial charge in [0.05, 0.1) is 5.52 Å². The Labute approximate surface area is 122 Å². The predicted molar refractivity (Wildman–Crippen MR) is 87.2 cm³/mol. The molecule has 20 heavy (non-hydrogen) atoms. The van der Waals surface area contributed by atoms with E-state index in [9.17, 15) is 0 Å². The minimum Gasteiger partial charge on any atom is -0.359 e. The number of nitrogens with zero attached hydrogens (tertiary/aromatic N) is 2. The first kappa shape index (κ1) is 14.8. The maximum absolute atomic E-state index is 4.80. The highest BCUT2D eigenvalue weighted by molar-refractivity contribution is 5.84. The van der Waals surface area contributed by atoms with Crippen molar-refractivity contribution in [1.29, 1.82) is 0 Å². The molecule has 0 aliphatic carbocycles. The van der Waals surface area contributed by atoms with E-state index in [0.717, 1.165) is 31.0 Å². The second kappa shape index (κ2) is 6.71. The number of nitrogens with one attached hydrogen (secondary N) is 1. The summed E-state index contributed by atoms with van der Waals surface area (Å²) in [5.74, 6) is 1.69. The van der Waals surface area contributed by atoms with Gasteiger partial charge in [-0.15, -0.1) is 0 Å². The summed E-state index contributed by atoms with van der Waals surface area (Å²) < 4.78 is 0. The van der Waals surface area contributed by atoms with Gasteiger partial charge < -0.3 is 10.2 Å². The minimum atomic E-state index is 0.630. The molecule has 0 saturated heterocycles. The van der Waals surface area contributed by atoms with Gasteiger partial charge in [0.15, 0.2) is 0 Å². The van der Waals surface area contributed by atoms with Crippen LogP contribution in [0, 0.1) is 5.92 Å². The first-order valence-electron chi connectivity index (χ1n) is 7.42. The van der Waals surface area contributed by atoms with Crippen molar-refractivity contribution in [2.45, 2.75) is 27.3 Å². The molecule has 1 N–H and O–H groups in total. The minimum absolute atomic E-state index is 0.630. The van der Waals surface area contributed by atoms with Gasteiger partial charge >= 0.3 is 0 Å². The van der Waals surface area contributed by atoms with Crippen LogP contribution >= 0.6 is 0 Å². The Morgan fingerprint density at radius 3 is 2.70 bits per heavy atom. The van der Waals surface area contributed by atoms with E-state index in [2.05, 4.69) is 68.4 Å². The molecule has 1 aromatic heterocycles. The molecule has 2 aromatic rings. The van der Waals surface area contributed by atoms with E-state index in [0.29, 0.717) is 5.92 Å². The molecule has 0 bridgehead atoms. The summed E-state index contributed by atoms with van der Waals surface area (Å²) in [7, 11) is 2.12. The molecule has 0 spiro atoms. The van der Waals surface area contributed by atoms with Gasteiger partial charge in [0.25, 0.3) is 0 Å². The number of pyridine rings is 1. The van der Waals surface area contributed by atoms with Gasteiger partial charge in [0.2, 0.25) is 0 Å². The van der Waals surface area contributed by atoms with Crippen LogP contribution in [0.25, 0.3) is 10.9 Å². The normalized spacial score (nSPS) is 11.2. The summed E-state index contributed by atoms with van der Waals surface area (Å²) in [6.45, 7) is 9.49. The summed E-state index contributed by atoms with van der Waals surface area (Å²) in [4.78, 5) is 7.04. The van der Waals surface area contributed by atoms with Crippen LogP contribution in [-0.4, -0.2) is 25.1 Å². The number of anilines is 1. The van der Waals surface area contributed by atoms with Crippen molar-refractivity contribution in [1.82, 2.24) is 10.3 Å². The Morgan fingerprint density at radius 2 is 2.00 bits per heavy atom. The number of aromatic nitrogens is 1. The summed E-state index contributed by atoms with van der Waals surface area (Å²) in [6, 6.07) is 10.6. The second-order valence-corrected chi connectivity index (χ2v) is 5.71. The van der Waals surface area contributed by atoms with Gasteiger partial charge in [-0.25, -0.2) is 4.98 Å². The molecular formula is C17H25N3. The van der Waals surface area contributed by atoms with Crippen LogP contribution in [0.15, 0.2) is 30.3 Å². The molecule has 3 nitrogen and oxygen atoms in total. The fourth-order valence-corrected chi connectivity index (χ4v) is 2.47. The molecule has 2 rings (SSSR count). The van der Waals surface area contributed by atoms with Crippen LogP contribution < -0.4 is 10.2 Å². The zero-order valence-electron chi connectivity index (χ0n) is 13.0. The largest absolute Gasteiger partial charge is 0.359 e. The molecule has 1 aromatic carbocycles. The SMILES string of the molecule is CCNCc1cc(N(C)CC(C)C)nc2ccccc12. The number of benzene rings is 1. The molecule has 0 fully saturated rings. The highest BCUT2D eigenvalue weighted by Gasteiger charge is 2.09. The molecule has 0 amide bonds. The zero-order valence-corrected chi connectivity index (χ0v) is 13.0.